The number of carboxylic acids is 1. The Kier molecular flexibility index (Phi) is 4.69. The van der Waals surface area contributed by atoms with Gasteiger partial charge >= 0.3 is 5.97 Å². The fourth-order valence-corrected chi connectivity index (χ4v) is 1.95. The third-order valence-electron chi connectivity index (χ3n) is 2.93. The second kappa shape index (κ2) is 6.49. The number of ether oxygens (including phenoxy) is 1. The van der Waals surface area contributed by atoms with Crippen molar-refractivity contribution in [1.82, 2.24) is 10.4 Å². The molecule has 98 valence electrons. The van der Waals surface area contributed by atoms with E-state index >= 15 is 0 Å². The molecule has 1 aliphatic rings. The molecule has 1 aromatic carbocycles. The van der Waals surface area contributed by atoms with Crippen LogP contribution < -0.4 is 5.43 Å². The van der Waals surface area contributed by atoms with Gasteiger partial charge in [0.1, 0.15) is 6.04 Å². The normalized spacial score (nSPS) is 18.4. The molecule has 1 saturated heterocycles. The molecule has 0 amide bonds. The highest BCUT2D eigenvalue weighted by molar-refractivity contribution is 5.73. The zero-order valence-corrected chi connectivity index (χ0v) is 10.2. The average Bonchev–Trinajstić information content (AvgIpc) is 2.40. The molecule has 0 aliphatic carbocycles. The number of morpholine rings is 1. The van der Waals surface area contributed by atoms with Crippen molar-refractivity contribution >= 4 is 5.97 Å². The van der Waals surface area contributed by atoms with Crippen molar-refractivity contribution in [2.24, 2.45) is 0 Å². The van der Waals surface area contributed by atoms with Gasteiger partial charge in [0.15, 0.2) is 0 Å². The second-order valence-corrected chi connectivity index (χ2v) is 4.31. The largest absolute Gasteiger partial charge is 0.480 e. The minimum absolute atomic E-state index is 0.480. The number of hydrogen-bond acceptors (Lipinski definition) is 4. The van der Waals surface area contributed by atoms with Crippen molar-refractivity contribution < 1.29 is 14.6 Å². The van der Waals surface area contributed by atoms with E-state index in [2.05, 4.69) is 5.43 Å². The predicted molar refractivity (Wildman–Crippen MR) is 67.1 cm³/mol. The van der Waals surface area contributed by atoms with Crippen molar-refractivity contribution in [1.29, 1.82) is 0 Å². The van der Waals surface area contributed by atoms with Gasteiger partial charge < -0.3 is 9.84 Å². The molecule has 1 aromatic rings. The van der Waals surface area contributed by atoms with E-state index in [1.165, 1.54) is 0 Å². The number of nitrogens with zero attached hydrogens (tertiary/aromatic N) is 1. The van der Waals surface area contributed by atoms with Gasteiger partial charge in [0.2, 0.25) is 0 Å². The smallest absolute Gasteiger partial charge is 0.322 e. The molecule has 18 heavy (non-hydrogen) atoms. The number of nitrogens with one attached hydrogen (secondary N) is 1. The molecule has 5 nitrogen and oxygen atoms in total. The lowest BCUT2D eigenvalue weighted by Crippen LogP contribution is -2.53. The van der Waals surface area contributed by atoms with Crippen LogP contribution in [0.15, 0.2) is 30.3 Å². The van der Waals surface area contributed by atoms with Crippen molar-refractivity contribution in [3.63, 3.8) is 0 Å². The van der Waals surface area contributed by atoms with E-state index in [9.17, 15) is 9.90 Å². The first-order valence-electron chi connectivity index (χ1n) is 6.11. The topological polar surface area (TPSA) is 61.8 Å². The van der Waals surface area contributed by atoms with Crippen LogP contribution in [0.5, 0.6) is 0 Å². The summed E-state index contributed by atoms with van der Waals surface area (Å²) in [5.74, 6) is -0.828. The lowest BCUT2D eigenvalue weighted by Gasteiger charge is -2.30. The molecule has 1 aliphatic heterocycles. The van der Waals surface area contributed by atoms with Gasteiger partial charge in [0.25, 0.3) is 0 Å². The molecular weight excluding hydrogens is 232 g/mol. The number of carboxylic acid groups (broad SMARTS) is 1. The van der Waals surface area contributed by atoms with E-state index in [4.69, 9.17) is 4.74 Å². The quantitative estimate of drug-likeness (QED) is 0.797. The molecule has 1 heterocycles. The fourth-order valence-electron chi connectivity index (χ4n) is 1.95. The standard InChI is InChI=1S/C13H18N2O3/c16-13(17)12(10-11-4-2-1-3-5-11)14-15-6-8-18-9-7-15/h1-5,12,14H,6-10H2,(H,16,17). The van der Waals surface area contributed by atoms with Crippen LogP contribution in [0.2, 0.25) is 0 Å². The molecule has 0 aromatic heterocycles. The van der Waals surface area contributed by atoms with Crippen molar-refractivity contribution in [2.45, 2.75) is 12.5 Å². The first-order chi connectivity index (χ1) is 8.75. The maximum Gasteiger partial charge on any atom is 0.322 e. The van der Waals surface area contributed by atoms with Crippen LogP contribution in [0.25, 0.3) is 0 Å². The summed E-state index contributed by atoms with van der Waals surface area (Å²) in [5, 5.41) is 11.2. The van der Waals surface area contributed by atoms with Crippen LogP contribution in [-0.2, 0) is 16.0 Å². The summed E-state index contributed by atoms with van der Waals surface area (Å²) in [6.07, 6.45) is 0.480. The summed E-state index contributed by atoms with van der Waals surface area (Å²) >= 11 is 0. The zero-order valence-electron chi connectivity index (χ0n) is 10.2. The van der Waals surface area contributed by atoms with E-state index in [1.54, 1.807) is 0 Å². The molecule has 0 bridgehead atoms. The lowest BCUT2D eigenvalue weighted by atomic mass is 10.1. The fraction of sp³-hybridized carbons (Fsp3) is 0.462. The SMILES string of the molecule is O=C(O)C(Cc1ccccc1)NN1CCOCC1. The predicted octanol–water partition coefficient (Wildman–Crippen LogP) is 0.519. The van der Waals surface area contributed by atoms with Crippen LogP contribution in [0, 0.1) is 0 Å². The highest BCUT2D eigenvalue weighted by Gasteiger charge is 2.21. The molecule has 0 saturated carbocycles. The van der Waals surface area contributed by atoms with Crippen LogP contribution in [0.1, 0.15) is 5.56 Å². The second-order valence-electron chi connectivity index (χ2n) is 4.31. The Morgan fingerprint density at radius 3 is 2.61 bits per heavy atom. The van der Waals surface area contributed by atoms with Crippen LogP contribution in [0.4, 0.5) is 0 Å². The van der Waals surface area contributed by atoms with Gasteiger partial charge in [-0.25, -0.2) is 10.4 Å². The van der Waals surface area contributed by atoms with E-state index in [0.29, 0.717) is 19.6 Å². The minimum Gasteiger partial charge on any atom is -0.480 e. The summed E-state index contributed by atoms with van der Waals surface area (Å²) in [7, 11) is 0. The van der Waals surface area contributed by atoms with Gasteiger partial charge in [0, 0.05) is 13.1 Å². The summed E-state index contributed by atoms with van der Waals surface area (Å²) in [6, 6.07) is 9.06. The van der Waals surface area contributed by atoms with Crippen LogP contribution >= 0.6 is 0 Å². The van der Waals surface area contributed by atoms with Gasteiger partial charge in [-0.1, -0.05) is 30.3 Å². The van der Waals surface area contributed by atoms with E-state index in [-0.39, 0.29) is 0 Å². The molecule has 2 N–H and O–H groups in total. The third kappa shape index (κ3) is 3.80. The first-order valence-corrected chi connectivity index (χ1v) is 6.11. The van der Waals surface area contributed by atoms with Gasteiger partial charge in [-0.3, -0.25) is 4.79 Å². The summed E-state index contributed by atoms with van der Waals surface area (Å²) in [5.41, 5.74) is 4.08. The Labute approximate surface area is 106 Å². The van der Waals surface area contributed by atoms with E-state index in [1.807, 2.05) is 35.3 Å². The van der Waals surface area contributed by atoms with Gasteiger partial charge in [0.05, 0.1) is 13.2 Å². The number of hydrogen-bond donors (Lipinski definition) is 2. The number of benzene rings is 1. The number of carbonyl (C=O) groups is 1. The maximum absolute atomic E-state index is 11.3. The molecule has 0 radical (unpaired) electrons. The highest BCUT2D eigenvalue weighted by Crippen LogP contribution is 2.05. The number of rotatable bonds is 5. The number of aliphatic carboxylic acids is 1. The van der Waals surface area contributed by atoms with Gasteiger partial charge in [-0.15, -0.1) is 0 Å². The maximum atomic E-state index is 11.3. The van der Waals surface area contributed by atoms with Crippen LogP contribution in [0.3, 0.4) is 0 Å². The van der Waals surface area contributed by atoms with E-state index < -0.39 is 12.0 Å². The third-order valence-corrected chi connectivity index (χ3v) is 2.93. The van der Waals surface area contributed by atoms with Crippen molar-refractivity contribution in [3.05, 3.63) is 35.9 Å². The van der Waals surface area contributed by atoms with Gasteiger partial charge in [-0.2, -0.15) is 0 Å². The van der Waals surface area contributed by atoms with E-state index in [0.717, 1.165) is 18.7 Å². The first kappa shape index (κ1) is 13.0. The minimum atomic E-state index is -0.828. The van der Waals surface area contributed by atoms with Crippen molar-refractivity contribution in [2.75, 3.05) is 26.3 Å². The Morgan fingerprint density at radius 2 is 2.00 bits per heavy atom. The summed E-state index contributed by atoms with van der Waals surface area (Å²) in [4.78, 5) is 11.3. The Morgan fingerprint density at radius 1 is 1.33 bits per heavy atom. The molecule has 5 heteroatoms. The Bertz CT molecular complexity index is 377. The molecular formula is C13H18N2O3. The monoisotopic (exact) mass is 250 g/mol. The lowest BCUT2D eigenvalue weighted by molar-refractivity contribution is -0.141. The van der Waals surface area contributed by atoms with Crippen LogP contribution in [-0.4, -0.2) is 48.4 Å². The molecule has 0 spiro atoms. The number of hydrazine groups is 1. The summed E-state index contributed by atoms with van der Waals surface area (Å²) < 4.78 is 5.23. The Hall–Kier alpha value is -1.43. The Balaban J connectivity index is 1.93. The molecule has 1 atom stereocenters. The average molecular weight is 250 g/mol. The summed E-state index contributed by atoms with van der Waals surface area (Å²) in [6.45, 7) is 2.73. The molecule has 1 fully saturated rings. The van der Waals surface area contributed by atoms with Gasteiger partial charge in [-0.05, 0) is 12.0 Å². The zero-order chi connectivity index (χ0) is 12.8. The highest BCUT2D eigenvalue weighted by atomic mass is 16.5. The molecule has 2 rings (SSSR count). The van der Waals surface area contributed by atoms with Crippen molar-refractivity contribution in [3.8, 4) is 0 Å². The molecule has 1 unspecified atom stereocenters.